The maximum atomic E-state index is 6.61. The number of aromatic nitrogens is 2. The topological polar surface area (TPSA) is 122 Å². The summed E-state index contributed by atoms with van der Waals surface area (Å²) < 4.78 is 5.69. The Kier molecular flexibility index (Phi) is 7.61. The van der Waals surface area contributed by atoms with E-state index in [1.807, 2.05) is 13.8 Å². The van der Waals surface area contributed by atoms with Gasteiger partial charge in [-0.1, -0.05) is 13.8 Å². The first-order valence-corrected chi connectivity index (χ1v) is 9.77. The molecule has 1 aliphatic rings. The number of hydrogen-bond donors (Lipinski definition) is 5. The molecule has 2 heterocycles. The van der Waals surface area contributed by atoms with Gasteiger partial charge in [0.2, 0.25) is 5.95 Å². The predicted molar refractivity (Wildman–Crippen MR) is 111 cm³/mol. The number of anilines is 3. The van der Waals surface area contributed by atoms with Crippen LogP contribution in [-0.2, 0) is 4.74 Å². The lowest BCUT2D eigenvalue weighted by atomic mass is 10.1. The predicted octanol–water partition coefficient (Wildman–Crippen LogP) is 1.94. The maximum absolute atomic E-state index is 6.61. The van der Waals surface area contributed by atoms with Crippen LogP contribution in [0.1, 0.15) is 52.7 Å². The minimum Gasteiger partial charge on any atom is -0.379 e. The molecule has 0 aliphatic carbocycles. The lowest BCUT2D eigenvalue weighted by Crippen LogP contribution is -2.65. The summed E-state index contributed by atoms with van der Waals surface area (Å²) in [5, 5.41) is 13.1. The van der Waals surface area contributed by atoms with Gasteiger partial charge in [-0.15, -0.1) is 0 Å². The SMILES string of the molecule is CCCN=C1NC(N)(CCOC(C)C)Nc2c(NCCC)nc(NC)nc21. The molecule has 0 bridgehead atoms. The molecule has 0 saturated carbocycles. The van der Waals surface area contributed by atoms with Crippen molar-refractivity contribution in [3.63, 3.8) is 0 Å². The van der Waals surface area contributed by atoms with Gasteiger partial charge < -0.3 is 26.0 Å². The van der Waals surface area contributed by atoms with E-state index in [1.165, 1.54) is 0 Å². The Balaban J connectivity index is 2.40. The standard InChI is InChI=1S/C18H34N8O/c1-6-9-21-15-14-13(23-17(20-5)24-15)16(22-10-7-2)26-18(19,25-14)8-11-27-12(3)4/h12,25H,6-11,19H2,1-5H3,(H,22,26)(H2,20,21,23,24). The molecule has 0 aromatic carbocycles. The highest BCUT2D eigenvalue weighted by Gasteiger charge is 2.36. The maximum Gasteiger partial charge on any atom is 0.225 e. The van der Waals surface area contributed by atoms with E-state index in [0.717, 1.165) is 30.9 Å². The van der Waals surface area contributed by atoms with Gasteiger partial charge in [0.15, 0.2) is 17.4 Å². The molecule has 152 valence electrons. The highest BCUT2D eigenvalue weighted by Crippen LogP contribution is 2.31. The fourth-order valence-corrected chi connectivity index (χ4v) is 2.68. The Morgan fingerprint density at radius 2 is 2.00 bits per heavy atom. The Labute approximate surface area is 162 Å². The van der Waals surface area contributed by atoms with Crippen molar-refractivity contribution in [3.8, 4) is 0 Å². The van der Waals surface area contributed by atoms with Crippen molar-refractivity contribution in [1.82, 2.24) is 15.3 Å². The first-order valence-electron chi connectivity index (χ1n) is 9.77. The zero-order chi connectivity index (χ0) is 19.9. The third kappa shape index (κ3) is 5.67. The minimum absolute atomic E-state index is 0.154. The zero-order valence-electron chi connectivity index (χ0n) is 17.1. The Morgan fingerprint density at radius 3 is 2.63 bits per heavy atom. The summed E-state index contributed by atoms with van der Waals surface area (Å²) in [6, 6.07) is 0. The summed E-state index contributed by atoms with van der Waals surface area (Å²) in [6.45, 7) is 10.2. The van der Waals surface area contributed by atoms with Gasteiger partial charge in [0, 0.05) is 26.6 Å². The van der Waals surface area contributed by atoms with E-state index in [4.69, 9.17) is 10.5 Å². The molecule has 1 aromatic heterocycles. The van der Waals surface area contributed by atoms with E-state index in [-0.39, 0.29) is 6.10 Å². The summed E-state index contributed by atoms with van der Waals surface area (Å²) in [5.41, 5.74) is 8.09. The molecule has 0 radical (unpaired) electrons. The Bertz CT molecular complexity index is 648. The number of ether oxygens (including phenoxy) is 1. The number of nitrogens with two attached hydrogens (primary N) is 1. The molecule has 0 amide bonds. The van der Waals surface area contributed by atoms with Gasteiger partial charge in [0.25, 0.3) is 0 Å². The molecule has 9 heteroatoms. The second-order valence-electron chi connectivity index (χ2n) is 6.92. The molecule has 1 unspecified atom stereocenters. The van der Waals surface area contributed by atoms with Gasteiger partial charge in [0.05, 0.1) is 12.7 Å². The van der Waals surface area contributed by atoms with Crippen molar-refractivity contribution < 1.29 is 4.74 Å². The largest absolute Gasteiger partial charge is 0.379 e. The highest BCUT2D eigenvalue weighted by atomic mass is 16.5. The molecule has 27 heavy (non-hydrogen) atoms. The van der Waals surface area contributed by atoms with Gasteiger partial charge in [-0.3, -0.25) is 10.7 Å². The van der Waals surface area contributed by atoms with Crippen molar-refractivity contribution >= 4 is 23.3 Å². The van der Waals surface area contributed by atoms with E-state index in [9.17, 15) is 0 Å². The minimum atomic E-state index is -0.887. The van der Waals surface area contributed by atoms with Gasteiger partial charge >= 0.3 is 0 Å². The van der Waals surface area contributed by atoms with E-state index < -0.39 is 5.79 Å². The molecular formula is C18H34N8O. The van der Waals surface area contributed by atoms with Gasteiger partial charge in [-0.2, -0.15) is 4.98 Å². The second-order valence-corrected chi connectivity index (χ2v) is 6.92. The quantitative estimate of drug-likeness (QED) is 0.419. The van der Waals surface area contributed by atoms with Crippen LogP contribution in [0.25, 0.3) is 0 Å². The third-order valence-electron chi connectivity index (χ3n) is 4.03. The molecule has 0 fully saturated rings. The molecule has 1 aliphatic heterocycles. The van der Waals surface area contributed by atoms with Crippen LogP contribution in [0, 0.1) is 0 Å². The molecule has 0 spiro atoms. The number of aliphatic imine (C=N–C) groups is 1. The van der Waals surface area contributed by atoms with Crippen molar-refractivity contribution in [2.75, 3.05) is 42.7 Å². The molecule has 9 nitrogen and oxygen atoms in total. The van der Waals surface area contributed by atoms with Crippen molar-refractivity contribution in [2.45, 2.75) is 58.8 Å². The normalized spacial score (nSPS) is 20.2. The van der Waals surface area contributed by atoms with E-state index in [1.54, 1.807) is 7.05 Å². The van der Waals surface area contributed by atoms with E-state index >= 15 is 0 Å². The first kappa shape index (κ1) is 21.2. The Morgan fingerprint density at radius 1 is 1.22 bits per heavy atom. The number of nitrogens with zero attached hydrogens (tertiary/aromatic N) is 3. The summed E-state index contributed by atoms with van der Waals surface area (Å²) in [4.78, 5) is 13.8. The molecule has 1 atom stereocenters. The van der Waals surface area contributed by atoms with E-state index in [0.29, 0.717) is 37.1 Å². The molecule has 0 saturated heterocycles. The summed E-state index contributed by atoms with van der Waals surface area (Å²) in [5.74, 6) is 1.04. The van der Waals surface area contributed by atoms with Crippen LogP contribution in [0.5, 0.6) is 0 Å². The fraction of sp³-hybridized carbons (Fsp3) is 0.722. The van der Waals surface area contributed by atoms with Crippen LogP contribution in [0.2, 0.25) is 0 Å². The molecular weight excluding hydrogens is 344 g/mol. The molecule has 1 aromatic rings. The van der Waals surface area contributed by atoms with Crippen LogP contribution in [0.15, 0.2) is 4.99 Å². The highest BCUT2D eigenvalue weighted by molar-refractivity contribution is 6.06. The van der Waals surface area contributed by atoms with Gasteiger partial charge in [-0.25, -0.2) is 4.98 Å². The van der Waals surface area contributed by atoms with Crippen LogP contribution >= 0.6 is 0 Å². The monoisotopic (exact) mass is 378 g/mol. The van der Waals surface area contributed by atoms with Gasteiger partial charge in [-0.05, 0) is 26.7 Å². The zero-order valence-corrected chi connectivity index (χ0v) is 17.1. The molecule has 2 rings (SSSR count). The summed E-state index contributed by atoms with van der Waals surface area (Å²) in [6.07, 6.45) is 2.64. The first-order chi connectivity index (χ1) is 12.9. The van der Waals surface area contributed by atoms with Crippen LogP contribution in [0.3, 0.4) is 0 Å². The van der Waals surface area contributed by atoms with Crippen LogP contribution < -0.4 is 27.0 Å². The number of rotatable bonds is 10. The lowest BCUT2D eigenvalue weighted by molar-refractivity contribution is 0.0656. The molecule has 6 N–H and O–H groups in total. The number of nitrogens with one attached hydrogen (secondary N) is 4. The number of amidine groups is 1. The average Bonchev–Trinajstić information content (AvgIpc) is 2.63. The summed E-state index contributed by atoms with van der Waals surface area (Å²) >= 11 is 0. The van der Waals surface area contributed by atoms with Gasteiger partial charge in [0.1, 0.15) is 11.4 Å². The number of fused-ring (bicyclic) bond motifs is 1. The Hall–Kier alpha value is -2.13. The number of hydrogen-bond acceptors (Lipinski definition) is 8. The van der Waals surface area contributed by atoms with Crippen molar-refractivity contribution in [3.05, 3.63) is 5.69 Å². The third-order valence-corrected chi connectivity index (χ3v) is 4.03. The second kappa shape index (κ2) is 9.70. The van der Waals surface area contributed by atoms with E-state index in [2.05, 4.69) is 50.1 Å². The van der Waals surface area contributed by atoms with Crippen LogP contribution in [0.4, 0.5) is 17.5 Å². The van der Waals surface area contributed by atoms with Crippen LogP contribution in [-0.4, -0.2) is 54.4 Å². The van der Waals surface area contributed by atoms with Crippen molar-refractivity contribution in [1.29, 1.82) is 0 Å². The smallest absolute Gasteiger partial charge is 0.225 e. The summed E-state index contributed by atoms with van der Waals surface area (Å²) in [7, 11) is 1.80. The fourth-order valence-electron chi connectivity index (χ4n) is 2.68. The lowest BCUT2D eigenvalue weighted by Gasteiger charge is -2.39. The van der Waals surface area contributed by atoms with Crippen molar-refractivity contribution in [2.24, 2.45) is 10.7 Å². The average molecular weight is 379 g/mol.